The lowest BCUT2D eigenvalue weighted by Crippen LogP contribution is -2.43. The summed E-state index contributed by atoms with van der Waals surface area (Å²) >= 11 is 4.75. The van der Waals surface area contributed by atoms with Gasteiger partial charge in [0.1, 0.15) is 5.69 Å². The number of pyridine rings is 1. The zero-order valence-corrected chi connectivity index (χ0v) is 10.8. The lowest BCUT2D eigenvalue weighted by Gasteiger charge is -2.15. The number of nitrogens with two attached hydrogens (primary N) is 1. The first-order chi connectivity index (χ1) is 8.75. The van der Waals surface area contributed by atoms with Crippen LogP contribution in [0.1, 0.15) is 29.4 Å². The summed E-state index contributed by atoms with van der Waals surface area (Å²) < 4.78 is 37.0. The Morgan fingerprint density at radius 1 is 1.53 bits per heavy atom. The molecule has 104 valence electrons. The highest BCUT2D eigenvalue weighted by Crippen LogP contribution is 2.28. The molecule has 0 aliphatic carbocycles. The normalized spacial score (nSPS) is 12.8. The lowest BCUT2D eigenvalue weighted by atomic mass is 10.2. The van der Waals surface area contributed by atoms with Gasteiger partial charge < -0.3 is 11.1 Å². The number of hydrogen-bond acceptors (Lipinski definition) is 3. The minimum atomic E-state index is -4.48. The molecule has 1 atom stereocenters. The second-order valence-corrected chi connectivity index (χ2v) is 4.24. The molecule has 1 aromatic rings. The monoisotopic (exact) mass is 291 g/mol. The molecule has 0 radical (unpaired) electrons. The second kappa shape index (κ2) is 5.96. The quantitative estimate of drug-likeness (QED) is 0.831. The van der Waals surface area contributed by atoms with E-state index in [9.17, 15) is 18.0 Å². The van der Waals surface area contributed by atoms with Crippen molar-refractivity contribution in [2.24, 2.45) is 5.73 Å². The van der Waals surface area contributed by atoms with Crippen LogP contribution in [0, 0.1) is 0 Å². The number of amides is 1. The van der Waals surface area contributed by atoms with E-state index in [1.54, 1.807) is 6.92 Å². The molecule has 1 unspecified atom stereocenters. The van der Waals surface area contributed by atoms with Crippen molar-refractivity contribution < 1.29 is 18.0 Å². The molecule has 1 rings (SSSR count). The van der Waals surface area contributed by atoms with Gasteiger partial charge in [-0.3, -0.25) is 9.78 Å². The molecule has 0 bridgehead atoms. The van der Waals surface area contributed by atoms with E-state index in [1.807, 2.05) is 0 Å². The van der Waals surface area contributed by atoms with E-state index in [4.69, 9.17) is 18.0 Å². The summed E-state index contributed by atoms with van der Waals surface area (Å²) in [6.07, 6.45) is -3.38. The summed E-state index contributed by atoms with van der Waals surface area (Å²) in [5, 5.41) is 2.49. The van der Waals surface area contributed by atoms with Gasteiger partial charge in [0, 0.05) is 6.20 Å². The number of halogens is 3. The third-order valence-corrected chi connectivity index (χ3v) is 2.66. The number of carbonyl (C=O) groups excluding carboxylic acids is 1. The number of rotatable bonds is 4. The fraction of sp³-hybridized carbons (Fsp3) is 0.364. The lowest BCUT2D eigenvalue weighted by molar-refractivity contribution is -0.137. The average molecular weight is 291 g/mol. The Morgan fingerprint density at radius 3 is 2.53 bits per heavy atom. The number of nitrogens with one attached hydrogen (secondary N) is 1. The Labute approximate surface area is 113 Å². The van der Waals surface area contributed by atoms with Gasteiger partial charge in [-0.15, -0.1) is 0 Å². The van der Waals surface area contributed by atoms with Crippen molar-refractivity contribution in [3.8, 4) is 0 Å². The van der Waals surface area contributed by atoms with Crippen LogP contribution in [0.4, 0.5) is 13.2 Å². The number of thiocarbonyl (C=S) groups is 1. The maximum atomic E-state index is 12.3. The summed E-state index contributed by atoms with van der Waals surface area (Å²) in [5.41, 5.74) is 4.37. The topological polar surface area (TPSA) is 68.0 Å². The summed E-state index contributed by atoms with van der Waals surface area (Å²) in [6.45, 7) is 1.77. The van der Waals surface area contributed by atoms with Crippen molar-refractivity contribution in [2.75, 3.05) is 0 Å². The zero-order chi connectivity index (χ0) is 14.6. The minimum absolute atomic E-state index is 0.114. The van der Waals surface area contributed by atoms with Gasteiger partial charge in [0.05, 0.1) is 16.6 Å². The first kappa shape index (κ1) is 15.4. The van der Waals surface area contributed by atoms with Crippen LogP contribution in [0.25, 0.3) is 0 Å². The third kappa shape index (κ3) is 4.16. The van der Waals surface area contributed by atoms with E-state index >= 15 is 0 Å². The summed E-state index contributed by atoms with van der Waals surface area (Å²) in [6, 6.07) is 1.29. The molecular formula is C11H12F3N3OS. The molecule has 0 aliphatic rings. The first-order valence-electron chi connectivity index (χ1n) is 5.39. The Balaban J connectivity index is 2.81. The Hall–Kier alpha value is -1.70. The van der Waals surface area contributed by atoms with Crippen molar-refractivity contribution in [3.05, 3.63) is 29.6 Å². The molecule has 0 aromatic carbocycles. The molecular weight excluding hydrogens is 279 g/mol. The van der Waals surface area contributed by atoms with Gasteiger partial charge in [-0.05, 0) is 18.6 Å². The number of nitrogens with zero attached hydrogens (tertiary/aromatic N) is 1. The molecule has 1 aromatic heterocycles. The van der Waals surface area contributed by atoms with E-state index in [0.29, 0.717) is 12.6 Å². The zero-order valence-electron chi connectivity index (χ0n) is 9.99. The van der Waals surface area contributed by atoms with E-state index in [0.717, 1.165) is 12.1 Å². The van der Waals surface area contributed by atoms with E-state index in [2.05, 4.69) is 10.3 Å². The van der Waals surface area contributed by atoms with Gasteiger partial charge in [0.15, 0.2) is 0 Å². The number of hydrogen-bond donors (Lipinski definition) is 2. The van der Waals surface area contributed by atoms with E-state index in [1.165, 1.54) is 0 Å². The van der Waals surface area contributed by atoms with Crippen LogP contribution in [0.15, 0.2) is 18.3 Å². The third-order valence-electron chi connectivity index (χ3n) is 2.38. The smallest absolute Gasteiger partial charge is 0.392 e. The van der Waals surface area contributed by atoms with Crippen molar-refractivity contribution in [1.29, 1.82) is 0 Å². The molecule has 0 saturated heterocycles. The fourth-order valence-corrected chi connectivity index (χ4v) is 1.53. The average Bonchev–Trinajstić information content (AvgIpc) is 2.34. The summed E-state index contributed by atoms with van der Waals surface area (Å²) in [7, 11) is 0. The highest BCUT2D eigenvalue weighted by Gasteiger charge is 2.31. The van der Waals surface area contributed by atoms with Crippen LogP contribution in [0.5, 0.6) is 0 Å². The molecule has 4 nitrogen and oxygen atoms in total. The molecule has 1 amide bonds. The van der Waals surface area contributed by atoms with Gasteiger partial charge in [-0.1, -0.05) is 19.1 Å². The predicted octanol–water partition coefficient (Wildman–Crippen LogP) is 1.89. The van der Waals surface area contributed by atoms with Crippen LogP contribution in [-0.2, 0) is 6.18 Å². The molecule has 1 heterocycles. The highest BCUT2D eigenvalue weighted by molar-refractivity contribution is 7.80. The van der Waals surface area contributed by atoms with E-state index < -0.39 is 23.7 Å². The maximum Gasteiger partial charge on any atom is 0.417 e. The fourth-order valence-electron chi connectivity index (χ4n) is 1.30. The van der Waals surface area contributed by atoms with Crippen molar-refractivity contribution in [3.63, 3.8) is 0 Å². The summed E-state index contributed by atoms with van der Waals surface area (Å²) in [4.78, 5) is 15.3. The van der Waals surface area contributed by atoms with Gasteiger partial charge in [0.25, 0.3) is 5.91 Å². The van der Waals surface area contributed by atoms with E-state index in [-0.39, 0.29) is 10.7 Å². The van der Waals surface area contributed by atoms with Crippen LogP contribution >= 0.6 is 12.2 Å². The van der Waals surface area contributed by atoms with Crippen LogP contribution in [0.3, 0.4) is 0 Å². The SMILES string of the molecule is CCC(NC(=O)c1ccc(C(F)(F)F)cn1)C(N)=S. The van der Waals surface area contributed by atoms with Gasteiger partial charge in [-0.2, -0.15) is 13.2 Å². The molecule has 8 heteroatoms. The highest BCUT2D eigenvalue weighted by atomic mass is 32.1. The first-order valence-corrected chi connectivity index (χ1v) is 5.80. The minimum Gasteiger partial charge on any atom is -0.392 e. The Morgan fingerprint density at radius 2 is 2.16 bits per heavy atom. The largest absolute Gasteiger partial charge is 0.417 e. The Bertz CT molecular complexity index is 473. The van der Waals surface area contributed by atoms with Crippen molar-refractivity contribution in [2.45, 2.75) is 25.6 Å². The molecule has 0 aliphatic heterocycles. The number of carbonyl (C=O) groups is 1. The van der Waals surface area contributed by atoms with Crippen molar-refractivity contribution >= 4 is 23.1 Å². The van der Waals surface area contributed by atoms with Crippen molar-refractivity contribution in [1.82, 2.24) is 10.3 Å². The van der Waals surface area contributed by atoms with Gasteiger partial charge >= 0.3 is 6.18 Å². The van der Waals surface area contributed by atoms with Gasteiger partial charge in [0.2, 0.25) is 0 Å². The van der Waals surface area contributed by atoms with Gasteiger partial charge in [-0.25, -0.2) is 0 Å². The van der Waals surface area contributed by atoms with Crippen LogP contribution in [-0.4, -0.2) is 21.9 Å². The molecule has 0 saturated carbocycles. The molecule has 0 spiro atoms. The standard InChI is InChI=1S/C11H12F3N3OS/c1-2-7(9(15)19)17-10(18)8-4-3-6(5-16-8)11(12,13)14/h3-5,7H,2H2,1H3,(H2,15,19)(H,17,18). The number of alkyl halides is 3. The molecule has 0 fully saturated rings. The Kier molecular flexibility index (Phi) is 4.82. The van der Waals surface area contributed by atoms with Crippen LogP contribution in [0.2, 0.25) is 0 Å². The summed E-state index contributed by atoms with van der Waals surface area (Å²) in [5.74, 6) is -0.617. The second-order valence-electron chi connectivity index (χ2n) is 3.77. The number of aromatic nitrogens is 1. The predicted molar refractivity (Wildman–Crippen MR) is 67.6 cm³/mol. The maximum absolute atomic E-state index is 12.3. The molecule has 19 heavy (non-hydrogen) atoms. The molecule has 3 N–H and O–H groups in total. The van der Waals surface area contributed by atoms with Crippen LogP contribution < -0.4 is 11.1 Å².